The van der Waals surface area contributed by atoms with Crippen molar-refractivity contribution >= 4 is 0 Å². The van der Waals surface area contributed by atoms with Crippen molar-refractivity contribution in [2.45, 2.75) is 0 Å². The first-order valence-electron chi connectivity index (χ1n) is 1.66. The van der Waals surface area contributed by atoms with E-state index in [0.29, 0.717) is 0 Å². The van der Waals surface area contributed by atoms with Gasteiger partial charge in [-0.25, -0.2) is 0 Å². The van der Waals surface area contributed by atoms with E-state index in [4.69, 9.17) is 0 Å². The maximum atomic E-state index is 3.00. The van der Waals surface area contributed by atoms with E-state index in [-0.39, 0.29) is 0 Å². The molecule has 0 bridgehead atoms. The Hall–Kier alpha value is -0.0800. The lowest BCUT2D eigenvalue weighted by Gasteiger charge is -1.80. The highest BCUT2D eigenvalue weighted by Gasteiger charge is 1.92. The molecule has 2 nitrogen and oxygen atoms in total. The third-order valence-electron chi connectivity index (χ3n) is 0.552. The Labute approximate surface area is 31.5 Å². The van der Waals surface area contributed by atoms with Gasteiger partial charge in [0.2, 0.25) is 0 Å². The number of hydrazine groups is 1. The Morgan fingerprint density at radius 3 is 2.00 bits per heavy atom. The molecule has 0 unspecified atom stereocenters. The fraction of sp³-hybridized carbons (Fsp3) is 0.667. The fourth-order valence-electron chi connectivity index (χ4n) is 0.312. The zero-order chi connectivity index (χ0) is 3.54. The van der Waals surface area contributed by atoms with Crippen LogP contribution in [-0.4, -0.2) is 13.1 Å². The van der Waals surface area contributed by atoms with Gasteiger partial charge in [-0.3, -0.25) is 10.9 Å². The van der Waals surface area contributed by atoms with Crippen LogP contribution < -0.4 is 10.9 Å². The molecule has 0 aromatic heterocycles. The molecule has 1 fully saturated rings. The predicted octanol–water partition coefficient (Wildman–Crippen LogP) is -0.825. The maximum absolute atomic E-state index is 3.00. The van der Waals surface area contributed by atoms with Crippen LogP contribution in [0.15, 0.2) is 0 Å². The standard InChI is InChI=1S/C3H6N2/c1-2-4-5-3-1/h4-5H,2-3H2. The van der Waals surface area contributed by atoms with Crippen molar-refractivity contribution in [1.29, 1.82) is 0 Å². The summed E-state index contributed by atoms with van der Waals surface area (Å²) < 4.78 is 0. The van der Waals surface area contributed by atoms with Crippen molar-refractivity contribution in [3.05, 3.63) is 6.42 Å². The summed E-state index contributed by atoms with van der Waals surface area (Å²) in [5.41, 5.74) is 5.72. The number of nitrogens with one attached hydrogen (secondary N) is 2. The molecule has 5 heavy (non-hydrogen) atoms. The summed E-state index contributed by atoms with van der Waals surface area (Å²) in [7, 11) is 0. The van der Waals surface area contributed by atoms with E-state index in [9.17, 15) is 0 Å². The minimum absolute atomic E-state index is 0.889. The molecule has 1 rings (SSSR count). The average Bonchev–Trinajstić information content (AvgIpc) is 1.76. The van der Waals surface area contributed by atoms with E-state index in [0.717, 1.165) is 13.1 Å². The molecule has 0 aliphatic carbocycles. The quantitative estimate of drug-likeness (QED) is 0.389. The first-order valence-corrected chi connectivity index (χ1v) is 1.66. The Morgan fingerprint density at radius 2 is 1.80 bits per heavy atom. The second kappa shape index (κ2) is 1.38. The summed E-state index contributed by atoms with van der Waals surface area (Å²) in [6.07, 6.45) is 3.00. The zero-order valence-electron chi connectivity index (χ0n) is 2.91. The van der Waals surface area contributed by atoms with E-state index in [1.165, 1.54) is 0 Å². The number of hydrogen-bond donors (Lipinski definition) is 2. The molecule has 0 saturated carbocycles. The van der Waals surface area contributed by atoms with Crippen molar-refractivity contribution in [3.8, 4) is 0 Å². The van der Waals surface area contributed by atoms with Gasteiger partial charge in [0.1, 0.15) is 0 Å². The van der Waals surface area contributed by atoms with Crippen molar-refractivity contribution < 1.29 is 0 Å². The van der Waals surface area contributed by atoms with Crippen LogP contribution in [0.25, 0.3) is 0 Å². The lowest BCUT2D eigenvalue weighted by molar-refractivity contribution is 0.689. The molecule has 1 heterocycles. The Balaban J connectivity index is 2.08. The monoisotopic (exact) mass is 70.1 g/mol. The molecule has 0 spiro atoms. The van der Waals surface area contributed by atoms with Crippen molar-refractivity contribution in [1.82, 2.24) is 10.9 Å². The van der Waals surface area contributed by atoms with Crippen LogP contribution in [0.5, 0.6) is 0 Å². The molecule has 1 aliphatic heterocycles. The molecule has 2 heteroatoms. The van der Waals surface area contributed by atoms with Crippen LogP contribution in [0, 0.1) is 6.42 Å². The van der Waals surface area contributed by atoms with Gasteiger partial charge < -0.3 is 0 Å². The predicted molar refractivity (Wildman–Crippen MR) is 19.2 cm³/mol. The lowest BCUT2D eigenvalue weighted by Crippen LogP contribution is -2.21. The van der Waals surface area contributed by atoms with Gasteiger partial charge in [0.05, 0.1) is 0 Å². The fourth-order valence-corrected chi connectivity index (χ4v) is 0.312. The van der Waals surface area contributed by atoms with E-state index in [2.05, 4.69) is 17.3 Å². The summed E-state index contributed by atoms with van der Waals surface area (Å²) in [6, 6.07) is 0. The normalized spacial score (nSPS) is 24.0. The van der Waals surface area contributed by atoms with E-state index < -0.39 is 0 Å². The highest BCUT2D eigenvalue weighted by atomic mass is 15.4. The van der Waals surface area contributed by atoms with Crippen LogP contribution in [0.1, 0.15) is 0 Å². The summed E-state index contributed by atoms with van der Waals surface area (Å²) in [4.78, 5) is 0. The first-order chi connectivity index (χ1) is 2.50. The zero-order valence-corrected chi connectivity index (χ0v) is 2.91. The van der Waals surface area contributed by atoms with Gasteiger partial charge in [0.25, 0.3) is 0 Å². The molecule has 28 valence electrons. The van der Waals surface area contributed by atoms with Crippen molar-refractivity contribution in [3.63, 3.8) is 0 Å². The van der Waals surface area contributed by atoms with Gasteiger partial charge in [-0.2, -0.15) is 0 Å². The number of hydrogen-bond acceptors (Lipinski definition) is 2. The summed E-state index contributed by atoms with van der Waals surface area (Å²) in [5.74, 6) is 0. The highest BCUT2D eigenvalue weighted by molar-refractivity contribution is 4.74. The van der Waals surface area contributed by atoms with E-state index in [1.807, 2.05) is 0 Å². The molecule has 2 N–H and O–H groups in total. The molecule has 0 aromatic rings. The van der Waals surface area contributed by atoms with Gasteiger partial charge in [-0.05, 0) is 0 Å². The molecule has 1 aliphatic rings. The summed E-state index contributed by atoms with van der Waals surface area (Å²) in [5, 5.41) is 0. The molecule has 1 saturated heterocycles. The molecule has 0 amide bonds. The van der Waals surface area contributed by atoms with E-state index >= 15 is 0 Å². The van der Waals surface area contributed by atoms with Gasteiger partial charge >= 0.3 is 0 Å². The van der Waals surface area contributed by atoms with E-state index in [1.54, 1.807) is 0 Å². The van der Waals surface area contributed by atoms with Crippen LogP contribution in [0.2, 0.25) is 0 Å². The number of rotatable bonds is 0. The average molecular weight is 70.1 g/mol. The van der Waals surface area contributed by atoms with Gasteiger partial charge in [-0.15, -0.1) is 0 Å². The Kier molecular flexibility index (Phi) is 0.862. The largest absolute Gasteiger partial charge is 0.257 e. The minimum atomic E-state index is 0.889. The van der Waals surface area contributed by atoms with Gasteiger partial charge in [0.15, 0.2) is 0 Å². The lowest BCUT2D eigenvalue weighted by atomic mass is 10.5. The molecular formula is C3H6N2. The maximum Gasteiger partial charge on any atom is 0.0182 e. The molecule has 0 aromatic carbocycles. The highest BCUT2D eigenvalue weighted by Crippen LogP contribution is 1.72. The molecule has 2 radical (unpaired) electrons. The van der Waals surface area contributed by atoms with Crippen LogP contribution in [0.3, 0.4) is 0 Å². The topological polar surface area (TPSA) is 24.1 Å². The third kappa shape index (κ3) is 0.597. The van der Waals surface area contributed by atoms with Crippen LogP contribution >= 0.6 is 0 Å². The Bertz CT molecular complexity index is 16.5. The smallest absolute Gasteiger partial charge is 0.0182 e. The van der Waals surface area contributed by atoms with Crippen molar-refractivity contribution in [2.24, 2.45) is 0 Å². The second-order valence-electron chi connectivity index (χ2n) is 0.957. The van der Waals surface area contributed by atoms with Gasteiger partial charge in [-0.1, -0.05) is 0 Å². The van der Waals surface area contributed by atoms with Crippen LogP contribution in [-0.2, 0) is 0 Å². The van der Waals surface area contributed by atoms with Gasteiger partial charge in [0, 0.05) is 19.5 Å². The summed E-state index contributed by atoms with van der Waals surface area (Å²) >= 11 is 0. The third-order valence-corrected chi connectivity index (χ3v) is 0.552. The summed E-state index contributed by atoms with van der Waals surface area (Å²) in [6.45, 7) is 1.78. The first kappa shape index (κ1) is 3.12. The Morgan fingerprint density at radius 1 is 1.20 bits per heavy atom. The minimum Gasteiger partial charge on any atom is -0.257 e. The van der Waals surface area contributed by atoms with Crippen LogP contribution in [0.4, 0.5) is 0 Å². The second-order valence-corrected chi connectivity index (χ2v) is 0.957. The molecule has 0 atom stereocenters. The van der Waals surface area contributed by atoms with Crippen molar-refractivity contribution in [2.75, 3.05) is 13.1 Å². The SMILES string of the molecule is [C]1CNNC1. The molecular weight excluding hydrogens is 64.0 g/mol.